The van der Waals surface area contributed by atoms with Crippen molar-refractivity contribution in [2.75, 3.05) is 13.4 Å². The fraction of sp³-hybridized carbons (Fsp3) is 0.231. The summed E-state index contributed by atoms with van der Waals surface area (Å²) in [5, 5.41) is 1.95. The van der Waals surface area contributed by atoms with Gasteiger partial charge in [0.15, 0.2) is 0 Å². The zero-order chi connectivity index (χ0) is 13.2. The van der Waals surface area contributed by atoms with Gasteiger partial charge in [0.2, 0.25) is 0 Å². The number of methoxy groups -OCH3 is 1. The summed E-state index contributed by atoms with van der Waals surface area (Å²) in [5.74, 6) is 0.623. The van der Waals surface area contributed by atoms with Crippen LogP contribution in [0.5, 0.6) is 5.75 Å². The lowest BCUT2D eigenvalue weighted by Crippen LogP contribution is -2.04. The van der Waals surface area contributed by atoms with Gasteiger partial charge in [0.05, 0.1) is 20.0 Å². The van der Waals surface area contributed by atoms with Crippen molar-refractivity contribution < 1.29 is 17.3 Å². The molecule has 0 unspecified atom stereocenters. The molecule has 0 aromatic heterocycles. The first-order chi connectivity index (χ1) is 8.51. The van der Waals surface area contributed by atoms with Gasteiger partial charge in [-0.3, -0.25) is 4.18 Å². The lowest BCUT2D eigenvalue weighted by Gasteiger charge is -2.11. The molecule has 0 aliphatic rings. The van der Waals surface area contributed by atoms with Gasteiger partial charge in [-0.1, -0.05) is 30.3 Å². The van der Waals surface area contributed by atoms with Crippen molar-refractivity contribution in [3.05, 3.63) is 42.0 Å². The monoisotopic (exact) mass is 266 g/mol. The number of ether oxygens (including phenoxy) is 1. The predicted octanol–water partition coefficient (Wildman–Crippen LogP) is 2.32. The van der Waals surface area contributed by atoms with E-state index in [1.54, 1.807) is 7.11 Å². The second-order valence-electron chi connectivity index (χ2n) is 3.93. The third kappa shape index (κ3) is 2.80. The van der Waals surface area contributed by atoms with Crippen LogP contribution in [0.1, 0.15) is 5.56 Å². The zero-order valence-electron chi connectivity index (χ0n) is 10.2. The molecule has 2 aromatic rings. The van der Waals surface area contributed by atoms with Crippen molar-refractivity contribution >= 4 is 20.9 Å². The van der Waals surface area contributed by atoms with E-state index in [1.807, 2.05) is 36.4 Å². The van der Waals surface area contributed by atoms with Crippen molar-refractivity contribution in [1.29, 1.82) is 0 Å². The van der Waals surface area contributed by atoms with Gasteiger partial charge in [-0.2, -0.15) is 8.42 Å². The number of benzene rings is 2. The molecule has 0 spiro atoms. The van der Waals surface area contributed by atoms with Gasteiger partial charge in [-0.05, 0) is 16.8 Å². The van der Waals surface area contributed by atoms with Crippen LogP contribution < -0.4 is 4.74 Å². The van der Waals surface area contributed by atoms with Crippen LogP contribution in [-0.2, 0) is 20.9 Å². The number of hydrogen-bond donors (Lipinski definition) is 0. The highest BCUT2D eigenvalue weighted by atomic mass is 32.2. The summed E-state index contributed by atoms with van der Waals surface area (Å²) >= 11 is 0. The first kappa shape index (κ1) is 12.9. The molecule has 2 rings (SSSR count). The molecule has 18 heavy (non-hydrogen) atoms. The summed E-state index contributed by atoms with van der Waals surface area (Å²) in [6.07, 6.45) is 1.03. The Balaban J connectivity index is 2.51. The average molecular weight is 266 g/mol. The van der Waals surface area contributed by atoms with Crippen LogP contribution in [-0.4, -0.2) is 21.8 Å². The van der Waals surface area contributed by atoms with E-state index in [4.69, 9.17) is 8.92 Å². The first-order valence-corrected chi connectivity index (χ1v) is 7.22. The Morgan fingerprint density at radius 1 is 1.11 bits per heavy atom. The maximum Gasteiger partial charge on any atom is 0.264 e. The molecular formula is C13H14O4S. The lowest BCUT2D eigenvalue weighted by molar-refractivity contribution is 0.304. The smallest absolute Gasteiger partial charge is 0.264 e. The minimum atomic E-state index is -3.47. The number of fused-ring (bicyclic) bond motifs is 1. The minimum absolute atomic E-state index is 0.0244. The molecule has 0 atom stereocenters. The maximum absolute atomic E-state index is 11.1. The number of rotatable bonds is 4. The first-order valence-electron chi connectivity index (χ1n) is 5.40. The molecule has 0 bridgehead atoms. The van der Waals surface area contributed by atoms with E-state index in [1.165, 1.54) is 0 Å². The summed E-state index contributed by atoms with van der Waals surface area (Å²) in [6, 6.07) is 11.4. The second kappa shape index (κ2) is 4.96. The Morgan fingerprint density at radius 3 is 2.50 bits per heavy atom. The molecule has 0 fully saturated rings. The third-order valence-electron chi connectivity index (χ3n) is 2.63. The fourth-order valence-corrected chi connectivity index (χ4v) is 2.15. The molecule has 2 aromatic carbocycles. The van der Waals surface area contributed by atoms with Gasteiger partial charge in [-0.25, -0.2) is 0 Å². The highest BCUT2D eigenvalue weighted by molar-refractivity contribution is 7.85. The van der Waals surface area contributed by atoms with E-state index in [0.29, 0.717) is 5.75 Å². The van der Waals surface area contributed by atoms with E-state index < -0.39 is 10.1 Å². The lowest BCUT2D eigenvalue weighted by atomic mass is 10.0. The SMILES string of the molecule is COc1ccc2ccccc2c1COS(C)(=O)=O. The Labute approximate surface area is 106 Å². The van der Waals surface area contributed by atoms with E-state index in [2.05, 4.69) is 0 Å². The normalized spacial score (nSPS) is 11.7. The van der Waals surface area contributed by atoms with Crippen molar-refractivity contribution in [3.8, 4) is 5.75 Å². The third-order valence-corrected chi connectivity index (χ3v) is 3.18. The van der Waals surface area contributed by atoms with Crippen LogP contribution in [0.4, 0.5) is 0 Å². The van der Waals surface area contributed by atoms with E-state index >= 15 is 0 Å². The second-order valence-corrected chi connectivity index (χ2v) is 5.58. The summed E-state index contributed by atoms with van der Waals surface area (Å²) < 4.78 is 32.3. The van der Waals surface area contributed by atoms with Crippen LogP contribution in [0.25, 0.3) is 10.8 Å². The zero-order valence-corrected chi connectivity index (χ0v) is 11.0. The molecule has 0 aliphatic carbocycles. The highest BCUT2D eigenvalue weighted by Gasteiger charge is 2.11. The molecule has 0 amide bonds. The summed E-state index contributed by atoms with van der Waals surface area (Å²) in [7, 11) is -1.92. The average Bonchev–Trinajstić information content (AvgIpc) is 2.34. The topological polar surface area (TPSA) is 52.6 Å². The molecule has 5 heteroatoms. The highest BCUT2D eigenvalue weighted by Crippen LogP contribution is 2.28. The summed E-state index contributed by atoms with van der Waals surface area (Å²) in [4.78, 5) is 0. The van der Waals surface area contributed by atoms with Crippen LogP contribution in [0.2, 0.25) is 0 Å². The molecule has 0 saturated carbocycles. The molecule has 0 saturated heterocycles. The Bertz CT molecular complexity index is 662. The predicted molar refractivity (Wildman–Crippen MR) is 70.1 cm³/mol. The largest absolute Gasteiger partial charge is 0.496 e. The fourth-order valence-electron chi connectivity index (χ4n) is 1.82. The molecule has 4 nitrogen and oxygen atoms in total. The molecule has 0 heterocycles. The van der Waals surface area contributed by atoms with Gasteiger partial charge in [0.25, 0.3) is 10.1 Å². The van der Waals surface area contributed by atoms with Crippen LogP contribution in [0.15, 0.2) is 36.4 Å². The van der Waals surface area contributed by atoms with Gasteiger partial charge in [0, 0.05) is 5.56 Å². The molecule has 0 N–H and O–H groups in total. The van der Waals surface area contributed by atoms with E-state index in [9.17, 15) is 8.42 Å². The van der Waals surface area contributed by atoms with Gasteiger partial charge < -0.3 is 4.74 Å². The van der Waals surface area contributed by atoms with Crippen LogP contribution >= 0.6 is 0 Å². The van der Waals surface area contributed by atoms with Gasteiger partial charge >= 0.3 is 0 Å². The standard InChI is InChI=1S/C13H14O4S/c1-16-13-8-7-10-5-3-4-6-11(10)12(13)9-17-18(2,14)15/h3-8H,9H2,1-2H3. The van der Waals surface area contributed by atoms with Crippen molar-refractivity contribution in [1.82, 2.24) is 0 Å². The maximum atomic E-state index is 11.1. The Kier molecular flexibility index (Phi) is 3.54. The van der Waals surface area contributed by atoms with Crippen molar-refractivity contribution in [2.24, 2.45) is 0 Å². The molecular weight excluding hydrogens is 252 g/mol. The number of hydrogen-bond acceptors (Lipinski definition) is 4. The Morgan fingerprint density at radius 2 is 1.83 bits per heavy atom. The minimum Gasteiger partial charge on any atom is -0.496 e. The van der Waals surface area contributed by atoms with E-state index in [0.717, 1.165) is 22.6 Å². The summed E-state index contributed by atoms with van der Waals surface area (Å²) in [5.41, 5.74) is 0.737. The molecule has 0 radical (unpaired) electrons. The van der Waals surface area contributed by atoms with Crippen molar-refractivity contribution in [3.63, 3.8) is 0 Å². The van der Waals surface area contributed by atoms with Gasteiger partial charge in [-0.15, -0.1) is 0 Å². The summed E-state index contributed by atoms with van der Waals surface area (Å²) in [6.45, 7) is -0.0244. The molecule has 96 valence electrons. The van der Waals surface area contributed by atoms with E-state index in [-0.39, 0.29) is 6.61 Å². The molecule has 0 aliphatic heterocycles. The Hall–Kier alpha value is -1.59. The van der Waals surface area contributed by atoms with Crippen LogP contribution in [0, 0.1) is 0 Å². The van der Waals surface area contributed by atoms with Crippen molar-refractivity contribution in [2.45, 2.75) is 6.61 Å². The van der Waals surface area contributed by atoms with Crippen LogP contribution in [0.3, 0.4) is 0 Å². The quantitative estimate of drug-likeness (QED) is 0.797. The van der Waals surface area contributed by atoms with Gasteiger partial charge in [0.1, 0.15) is 5.75 Å².